The van der Waals surface area contributed by atoms with Crippen LogP contribution in [0, 0.1) is 6.92 Å². The first-order valence-corrected chi connectivity index (χ1v) is 5.10. The van der Waals surface area contributed by atoms with Crippen molar-refractivity contribution >= 4 is 11.9 Å². The first kappa shape index (κ1) is 11.5. The van der Waals surface area contributed by atoms with E-state index in [1.54, 1.807) is 6.92 Å². The summed E-state index contributed by atoms with van der Waals surface area (Å²) in [5, 5.41) is 24.5. The highest BCUT2D eigenvalue weighted by molar-refractivity contribution is 5.93. The maximum atomic E-state index is 11.9. The minimum atomic E-state index is -1.14. The Bertz CT molecular complexity index is 458. The Morgan fingerprint density at radius 1 is 1.53 bits per heavy atom. The number of amides is 1. The first-order valence-electron chi connectivity index (χ1n) is 5.10. The van der Waals surface area contributed by atoms with Crippen molar-refractivity contribution in [1.82, 2.24) is 20.1 Å². The molecule has 2 atom stereocenters. The molecule has 1 aliphatic rings. The molecule has 2 heterocycles. The van der Waals surface area contributed by atoms with Gasteiger partial charge in [0.15, 0.2) is 0 Å². The number of aliphatic hydroxyl groups excluding tert-OH is 1. The van der Waals surface area contributed by atoms with E-state index >= 15 is 0 Å². The van der Waals surface area contributed by atoms with Crippen LogP contribution in [-0.2, 0) is 4.79 Å². The molecule has 92 valence electrons. The van der Waals surface area contributed by atoms with Crippen LogP contribution < -0.4 is 0 Å². The molecule has 8 nitrogen and oxygen atoms in total. The molecule has 2 rings (SSSR count). The summed E-state index contributed by atoms with van der Waals surface area (Å²) in [6.07, 6.45) is -0.787. The van der Waals surface area contributed by atoms with Crippen LogP contribution in [0.3, 0.4) is 0 Å². The molecule has 0 spiro atoms. The van der Waals surface area contributed by atoms with Gasteiger partial charge in [-0.25, -0.2) is 9.78 Å². The van der Waals surface area contributed by atoms with Gasteiger partial charge >= 0.3 is 5.97 Å². The third-order valence-electron chi connectivity index (χ3n) is 2.61. The van der Waals surface area contributed by atoms with Gasteiger partial charge in [-0.3, -0.25) is 9.89 Å². The van der Waals surface area contributed by atoms with E-state index in [1.807, 2.05) is 0 Å². The topological polar surface area (TPSA) is 119 Å². The van der Waals surface area contributed by atoms with Gasteiger partial charge in [0.2, 0.25) is 5.82 Å². The highest BCUT2D eigenvalue weighted by atomic mass is 16.4. The average Bonchev–Trinajstić information content (AvgIpc) is 2.83. The molecule has 1 amide bonds. The summed E-state index contributed by atoms with van der Waals surface area (Å²) in [6.45, 7) is 1.63. The zero-order valence-corrected chi connectivity index (χ0v) is 9.12. The van der Waals surface area contributed by atoms with Gasteiger partial charge in [0, 0.05) is 13.0 Å². The fourth-order valence-corrected chi connectivity index (χ4v) is 1.84. The Morgan fingerprint density at radius 3 is 2.76 bits per heavy atom. The van der Waals surface area contributed by atoms with Crippen LogP contribution in [0.25, 0.3) is 0 Å². The number of carbonyl (C=O) groups excluding carboxylic acids is 1. The van der Waals surface area contributed by atoms with Crippen molar-refractivity contribution < 1.29 is 19.8 Å². The van der Waals surface area contributed by atoms with Crippen LogP contribution in [0.2, 0.25) is 0 Å². The second-order valence-electron chi connectivity index (χ2n) is 3.95. The number of aromatic amines is 1. The first-order chi connectivity index (χ1) is 7.99. The van der Waals surface area contributed by atoms with E-state index in [9.17, 15) is 14.7 Å². The molecule has 0 unspecified atom stereocenters. The predicted octanol–water partition coefficient (Wildman–Crippen LogP) is -1.23. The number of aryl methyl sites for hydroxylation is 1. The Hall–Kier alpha value is -1.96. The van der Waals surface area contributed by atoms with Crippen LogP contribution in [0.5, 0.6) is 0 Å². The molecule has 0 aromatic carbocycles. The van der Waals surface area contributed by atoms with Gasteiger partial charge in [0.1, 0.15) is 11.9 Å². The molecule has 1 aromatic heterocycles. The van der Waals surface area contributed by atoms with Gasteiger partial charge in [-0.15, -0.1) is 5.10 Å². The van der Waals surface area contributed by atoms with E-state index in [2.05, 4.69) is 15.2 Å². The SMILES string of the molecule is Cc1nc(C(=O)N2C[C@@H](O)C[C@H]2C(=O)O)n[nH]1. The number of aromatic nitrogens is 3. The number of H-pyrrole nitrogens is 1. The lowest BCUT2D eigenvalue weighted by Gasteiger charge is -2.19. The standard InChI is InChI=1S/C9H12N4O4/c1-4-10-7(12-11-4)8(15)13-3-5(14)2-6(13)9(16)17/h5-6,14H,2-3H2,1H3,(H,16,17)(H,10,11,12)/t5-,6-/m0/s1. The van der Waals surface area contributed by atoms with Crippen molar-refractivity contribution in [2.45, 2.75) is 25.5 Å². The zero-order chi connectivity index (χ0) is 12.6. The molecule has 17 heavy (non-hydrogen) atoms. The Morgan fingerprint density at radius 2 is 2.24 bits per heavy atom. The van der Waals surface area contributed by atoms with Gasteiger partial charge in [0.05, 0.1) is 6.10 Å². The van der Waals surface area contributed by atoms with Gasteiger partial charge < -0.3 is 15.1 Å². The van der Waals surface area contributed by atoms with E-state index in [1.165, 1.54) is 0 Å². The molecule has 0 aliphatic carbocycles. The van der Waals surface area contributed by atoms with Crippen molar-refractivity contribution in [1.29, 1.82) is 0 Å². The second-order valence-corrected chi connectivity index (χ2v) is 3.95. The summed E-state index contributed by atoms with van der Waals surface area (Å²) in [5.74, 6) is -1.33. The normalized spacial score (nSPS) is 24.0. The van der Waals surface area contributed by atoms with Crippen LogP contribution in [0.1, 0.15) is 22.9 Å². The van der Waals surface area contributed by atoms with Gasteiger partial charge in [-0.1, -0.05) is 0 Å². The van der Waals surface area contributed by atoms with Gasteiger partial charge in [0.25, 0.3) is 5.91 Å². The molecule has 0 radical (unpaired) electrons. The molecule has 3 N–H and O–H groups in total. The maximum Gasteiger partial charge on any atom is 0.326 e. The summed E-state index contributed by atoms with van der Waals surface area (Å²) in [5.41, 5.74) is 0. The van der Waals surface area contributed by atoms with Crippen LogP contribution in [0.4, 0.5) is 0 Å². The quantitative estimate of drug-likeness (QED) is 0.595. The Labute approximate surface area is 96.3 Å². The van der Waals surface area contributed by atoms with Crippen LogP contribution in [0.15, 0.2) is 0 Å². The molecule has 0 bridgehead atoms. The number of carbonyl (C=O) groups is 2. The van der Waals surface area contributed by atoms with Crippen molar-refractivity contribution in [3.05, 3.63) is 11.6 Å². The minimum absolute atomic E-state index is 0.0105. The van der Waals surface area contributed by atoms with E-state index in [4.69, 9.17) is 5.11 Å². The summed E-state index contributed by atoms with van der Waals surface area (Å²) in [7, 11) is 0. The third kappa shape index (κ3) is 2.11. The molecular formula is C9H12N4O4. The van der Waals surface area contributed by atoms with Gasteiger partial charge in [-0.2, -0.15) is 0 Å². The molecular weight excluding hydrogens is 228 g/mol. The zero-order valence-electron chi connectivity index (χ0n) is 9.12. The molecule has 1 aromatic rings. The maximum absolute atomic E-state index is 11.9. The molecule has 1 aliphatic heterocycles. The fourth-order valence-electron chi connectivity index (χ4n) is 1.84. The van der Waals surface area contributed by atoms with E-state index in [-0.39, 0.29) is 18.8 Å². The van der Waals surface area contributed by atoms with Crippen molar-refractivity contribution in [3.63, 3.8) is 0 Å². The lowest BCUT2D eigenvalue weighted by atomic mass is 10.2. The summed E-state index contributed by atoms with van der Waals surface area (Å²) in [6, 6.07) is -1.02. The van der Waals surface area contributed by atoms with E-state index in [0.717, 1.165) is 4.90 Å². The minimum Gasteiger partial charge on any atom is -0.480 e. The number of carboxylic acid groups (broad SMARTS) is 1. The predicted molar refractivity (Wildman–Crippen MR) is 54.2 cm³/mol. The lowest BCUT2D eigenvalue weighted by Crippen LogP contribution is -2.41. The fraction of sp³-hybridized carbons (Fsp3) is 0.556. The lowest BCUT2D eigenvalue weighted by molar-refractivity contribution is -0.141. The largest absolute Gasteiger partial charge is 0.480 e. The number of carboxylic acids is 1. The van der Waals surface area contributed by atoms with Crippen LogP contribution >= 0.6 is 0 Å². The Balaban J connectivity index is 2.21. The number of rotatable bonds is 2. The number of likely N-dealkylation sites (tertiary alicyclic amines) is 1. The van der Waals surface area contributed by atoms with Crippen LogP contribution in [-0.4, -0.2) is 60.9 Å². The number of hydrogen-bond donors (Lipinski definition) is 3. The van der Waals surface area contributed by atoms with Crippen molar-refractivity contribution in [3.8, 4) is 0 Å². The monoisotopic (exact) mass is 240 g/mol. The highest BCUT2D eigenvalue weighted by Gasteiger charge is 2.40. The number of nitrogens with one attached hydrogen (secondary N) is 1. The highest BCUT2D eigenvalue weighted by Crippen LogP contribution is 2.19. The average molecular weight is 240 g/mol. The number of aliphatic carboxylic acids is 1. The number of hydrogen-bond acceptors (Lipinski definition) is 5. The van der Waals surface area contributed by atoms with Gasteiger partial charge in [-0.05, 0) is 6.92 Å². The second kappa shape index (κ2) is 4.13. The molecule has 1 saturated heterocycles. The summed E-state index contributed by atoms with van der Waals surface area (Å²) in [4.78, 5) is 27.8. The molecule has 1 fully saturated rings. The summed E-state index contributed by atoms with van der Waals surface area (Å²) >= 11 is 0. The van der Waals surface area contributed by atoms with Crippen molar-refractivity contribution in [2.75, 3.05) is 6.54 Å². The number of β-amino-alcohol motifs (C(OH)–C–C–N with tert-alkyl or cyclic N) is 1. The van der Waals surface area contributed by atoms with Crippen molar-refractivity contribution in [2.24, 2.45) is 0 Å². The number of aliphatic hydroxyl groups is 1. The third-order valence-corrected chi connectivity index (χ3v) is 2.61. The van der Waals surface area contributed by atoms with E-state index < -0.39 is 24.0 Å². The summed E-state index contributed by atoms with van der Waals surface area (Å²) < 4.78 is 0. The number of nitrogens with zero attached hydrogens (tertiary/aromatic N) is 3. The molecule has 0 saturated carbocycles. The Kier molecular flexibility index (Phi) is 2.80. The van der Waals surface area contributed by atoms with E-state index in [0.29, 0.717) is 5.82 Å². The molecule has 8 heteroatoms. The smallest absolute Gasteiger partial charge is 0.326 e.